The van der Waals surface area contributed by atoms with Gasteiger partial charge in [0.05, 0.1) is 7.11 Å². The van der Waals surface area contributed by atoms with Gasteiger partial charge in [0.25, 0.3) is 0 Å². The predicted octanol–water partition coefficient (Wildman–Crippen LogP) is 3.55. The summed E-state index contributed by atoms with van der Waals surface area (Å²) in [5.41, 5.74) is 2.52. The molecule has 0 bridgehead atoms. The molecule has 0 aromatic heterocycles. The molecule has 2 heterocycles. The summed E-state index contributed by atoms with van der Waals surface area (Å²) in [7, 11) is 3.91. The molecule has 4 rings (SSSR count). The van der Waals surface area contributed by atoms with Crippen molar-refractivity contribution in [1.29, 1.82) is 0 Å². The van der Waals surface area contributed by atoms with E-state index in [2.05, 4.69) is 53.2 Å². The third kappa shape index (κ3) is 3.71. The number of hydrogen-bond donors (Lipinski definition) is 0. The van der Waals surface area contributed by atoms with E-state index in [-0.39, 0.29) is 5.60 Å². The normalized spacial score (nSPS) is 20.2. The molecule has 0 saturated carbocycles. The highest BCUT2D eigenvalue weighted by Crippen LogP contribution is 2.35. The number of methoxy groups -OCH3 is 1. The Kier molecular flexibility index (Phi) is 4.88. The van der Waals surface area contributed by atoms with Gasteiger partial charge in [0.15, 0.2) is 0 Å². The van der Waals surface area contributed by atoms with Crippen LogP contribution in [0.25, 0.3) is 0 Å². The fourth-order valence-corrected chi connectivity index (χ4v) is 4.09. The number of piperidine rings is 1. The molecule has 0 unspecified atom stereocenters. The summed E-state index contributed by atoms with van der Waals surface area (Å²) in [4.78, 5) is 4.94. The molecule has 2 aromatic carbocycles. The van der Waals surface area contributed by atoms with Gasteiger partial charge < -0.3 is 14.4 Å². The van der Waals surface area contributed by atoms with E-state index in [9.17, 15) is 0 Å². The third-order valence-corrected chi connectivity index (χ3v) is 5.67. The van der Waals surface area contributed by atoms with Crippen molar-refractivity contribution in [3.8, 4) is 11.5 Å². The highest BCUT2D eigenvalue weighted by atomic mass is 16.5. The van der Waals surface area contributed by atoms with Crippen LogP contribution in [0.2, 0.25) is 0 Å². The fraction of sp³-hybridized carbons (Fsp3) is 0.455. The predicted molar refractivity (Wildman–Crippen MR) is 104 cm³/mol. The lowest BCUT2D eigenvalue weighted by atomic mass is 9.90. The zero-order valence-electron chi connectivity index (χ0n) is 15.8. The first-order valence-electron chi connectivity index (χ1n) is 9.47. The minimum absolute atomic E-state index is 0.0778. The van der Waals surface area contributed by atoms with Crippen molar-refractivity contribution < 1.29 is 9.47 Å². The van der Waals surface area contributed by atoms with E-state index < -0.39 is 0 Å². The fourth-order valence-electron chi connectivity index (χ4n) is 4.09. The smallest absolute Gasteiger partial charge is 0.124 e. The Balaban J connectivity index is 1.59. The number of ether oxygens (including phenoxy) is 2. The van der Waals surface area contributed by atoms with Crippen molar-refractivity contribution in [1.82, 2.24) is 9.80 Å². The topological polar surface area (TPSA) is 24.9 Å². The van der Waals surface area contributed by atoms with Gasteiger partial charge in [-0.05, 0) is 30.8 Å². The summed E-state index contributed by atoms with van der Waals surface area (Å²) >= 11 is 0. The van der Waals surface area contributed by atoms with Crippen LogP contribution >= 0.6 is 0 Å². The van der Waals surface area contributed by atoms with Crippen LogP contribution in [0.5, 0.6) is 11.5 Å². The molecule has 1 spiro atoms. The molecule has 138 valence electrons. The lowest BCUT2D eigenvalue weighted by molar-refractivity contribution is -0.0146. The second kappa shape index (κ2) is 7.29. The van der Waals surface area contributed by atoms with Gasteiger partial charge in [-0.1, -0.05) is 30.3 Å². The van der Waals surface area contributed by atoms with Crippen molar-refractivity contribution in [2.45, 2.75) is 31.5 Å². The van der Waals surface area contributed by atoms with Crippen LogP contribution in [0.4, 0.5) is 0 Å². The molecular formula is C22H28N2O2. The van der Waals surface area contributed by atoms with Gasteiger partial charge in [0.1, 0.15) is 17.1 Å². The van der Waals surface area contributed by atoms with Crippen molar-refractivity contribution in [2.24, 2.45) is 0 Å². The Labute approximate surface area is 156 Å². The first kappa shape index (κ1) is 17.4. The number of para-hydroxylation sites is 1. The van der Waals surface area contributed by atoms with Gasteiger partial charge in [0.2, 0.25) is 0 Å². The zero-order valence-corrected chi connectivity index (χ0v) is 15.8. The molecule has 0 atom stereocenters. The van der Waals surface area contributed by atoms with E-state index in [4.69, 9.17) is 9.47 Å². The van der Waals surface area contributed by atoms with Crippen LogP contribution in [0.15, 0.2) is 48.5 Å². The largest absolute Gasteiger partial charge is 0.497 e. The van der Waals surface area contributed by atoms with Crippen LogP contribution in [-0.4, -0.2) is 49.2 Å². The average Bonchev–Trinajstić information content (AvgIpc) is 2.81. The van der Waals surface area contributed by atoms with E-state index in [1.165, 1.54) is 11.1 Å². The van der Waals surface area contributed by atoms with Gasteiger partial charge in [0, 0.05) is 51.1 Å². The summed E-state index contributed by atoms with van der Waals surface area (Å²) in [5, 5.41) is 0. The van der Waals surface area contributed by atoms with E-state index in [1.54, 1.807) is 7.11 Å². The average molecular weight is 352 g/mol. The molecule has 0 amide bonds. The molecule has 2 aliphatic heterocycles. The van der Waals surface area contributed by atoms with Crippen LogP contribution in [-0.2, 0) is 13.1 Å². The Hall–Kier alpha value is -2.04. The van der Waals surface area contributed by atoms with Crippen LogP contribution < -0.4 is 9.47 Å². The molecule has 2 aromatic rings. The quantitative estimate of drug-likeness (QED) is 0.843. The maximum atomic E-state index is 6.65. The van der Waals surface area contributed by atoms with Gasteiger partial charge in [-0.3, -0.25) is 4.90 Å². The van der Waals surface area contributed by atoms with Gasteiger partial charge in [-0.2, -0.15) is 0 Å². The van der Waals surface area contributed by atoms with E-state index in [0.29, 0.717) is 0 Å². The number of rotatable bonds is 3. The summed E-state index contributed by atoms with van der Waals surface area (Å²) in [5.74, 6) is 1.97. The number of benzene rings is 2. The molecule has 0 aliphatic carbocycles. The van der Waals surface area contributed by atoms with Crippen LogP contribution in [0.1, 0.15) is 24.0 Å². The number of nitrogens with zero attached hydrogens (tertiary/aromatic N) is 2. The van der Waals surface area contributed by atoms with Crippen LogP contribution in [0, 0.1) is 0 Å². The molecule has 0 N–H and O–H groups in total. The standard InChI is InChI=1S/C22H28N2O2/c1-23-13-11-22(12-14-23)17-24(15-18-7-9-20(25-2)10-8-18)16-19-5-3-4-6-21(19)26-22/h3-10H,11-17H2,1-2H3. The Morgan fingerprint density at radius 3 is 2.50 bits per heavy atom. The highest BCUT2D eigenvalue weighted by Gasteiger charge is 2.39. The lowest BCUT2D eigenvalue weighted by Gasteiger charge is -2.42. The summed E-state index contributed by atoms with van der Waals surface area (Å²) in [6.07, 6.45) is 2.16. The maximum absolute atomic E-state index is 6.65. The lowest BCUT2D eigenvalue weighted by Crippen LogP contribution is -2.52. The number of hydrogen-bond acceptors (Lipinski definition) is 4. The summed E-state index contributed by atoms with van der Waals surface area (Å²) in [6.45, 7) is 5.03. The molecule has 2 aliphatic rings. The maximum Gasteiger partial charge on any atom is 0.124 e. The van der Waals surface area contributed by atoms with E-state index in [0.717, 1.165) is 57.1 Å². The number of likely N-dealkylation sites (tertiary alicyclic amines) is 1. The molecule has 4 nitrogen and oxygen atoms in total. The molecule has 26 heavy (non-hydrogen) atoms. The van der Waals surface area contributed by atoms with Crippen molar-refractivity contribution in [3.05, 3.63) is 59.7 Å². The van der Waals surface area contributed by atoms with Gasteiger partial charge in [-0.25, -0.2) is 0 Å². The molecule has 4 heteroatoms. The Bertz CT molecular complexity index is 736. The second-order valence-electron chi connectivity index (χ2n) is 7.69. The van der Waals surface area contributed by atoms with Gasteiger partial charge in [-0.15, -0.1) is 0 Å². The Morgan fingerprint density at radius 1 is 1.04 bits per heavy atom. The SMILES string of the molecule is COc1ccc(CN2Cc3ccccc3OC3(CCN(C)CC3)C2)cc1. The van der Waals surface area contributed by atoms with Crippen molar-refractivity contribution in [3.63, 3.8) is 0 Å². The minimum Gasteiger partial charge on any atom is -0.497 e. The van der Waals surface area contributed by atoms with Crippen molar-refractivity contribution in [2.75, 3.05) is 33.8 Å². The highest BCUT2D eigenvalue weighted by molar-refractivity contribution is 5.35. The van der Waals surface area contributed by atoms with Crippen molar-refractivity contribution >= 4 is 0 Å². The summed E-state index contributed by atoms with van der Waals surface area (Å²) in [6, 6.07) is 16.9. The monoisotopic (exact) mass is 352 g/mol. The first-order valence-corrected chi connectivity index (χ1v) is 9.47. The number of fused-ring (bicyclic) bond motifs is 1. The summed E-state index contributed by atoms with van der Waals surface area (Å²) < 4.78 is 11.9. The van der Waals surface area contributed by atoms with Crippen LogP contribution in [0.3, 0.4) is 0 Å². The molecule has 1 fully saturated rings. The second-order valence-corrected chi connectivity index (χ2v) is 7.69. The van der Waals surface area contributed by atoms with E-state index >= 15 is 0 Å². The van der Waals surface area contributed by atoms with Gasteiger partial charge >= 0.3 is 0 Å². The zero-order chi connectivity index (χ0) is 18.0. The molecule has 0 radical (unpaired) electrons. The first-order chi connectivity index (χ1) is 12.7. The third-order valence-electron chi connectivity index (χ3n) is 5.67. The molecule has 1 saturated heterocycles. The van der Waals surface area contributed by atoms with E-state index in [1.807, 2.05) is 12.1 Å². The minimum atomic E-state index is -0.0778. The Morgan fingerprint density at radius 2 is 1.77 bits per heavy atom. The molecular weight excluding hydrogens is 324 g/mol.